The molecule has 2 N–H and O–H groups in total. The number of anilines is 2. The molecule has 0 amide bonds. The van der Waals surface area contributed by atoms with Crippen molar-refractivity contribution >= 4 is 22.4 Å². The van der Waals surface area contributed by atoms with Crippen molar-refractivity contribution in [3.05, 3.63) is 57.5 Å². The summed E-state index contributed by atoms with van der Waals surface area (Å²) < 4.78 is 1.81. The molecule has 0 aliphatic heterocycles. The molecule has 1 saturated carbocycles. The lowest BCUT2D eigenvalue weighted by molar-refractivity contribution is 0.516. The maximum Gasteiger partial charge on any atom is 0.251 e. The third-order valence-corrected chi connectivity index (χ3v) is 5.92. The molecular weight excluding hydrogens is 364 g/mol. The minimum atomic E-state index is -0.116. The van der Waals surface area contributed by atoms with Gasteiger partial charge in [0.25, 0.3) is 5.56 Å². The maximum atomic E-state index is 12.7. The third-order valence-electron chi connectivity index (χ3n) is 5.92. The van der Waals surface area contributed by atoms with Crippen molar-refractivity contribution in [2.24, 2.45) is 0 Å². The van der Waals surface area contributed by atoms with Crippen LogP contribution < -0.4 is 16.2 Å². The summed E-state index contributed by atoms with van der Waals surface area (Å²) in [4.78, 5) is 12.7. The fourth-order valence-corrected chi connectivity index (χ4v) is 3.79. The first-order valence-electron chi connectivity index (χ1n) is 9.75. The number of rotatable bonds is 5. The summed E-state index contributed by atoms with van der Waals surface area (Å²) >= 11 is 0. The highest BCUT2D eigenvalue weighted by Gasteiger charge is 2.40. The number of nitrogens with zero attached hydrogens (tertiary/aromatic N) is 4. The SMILES string of the molecule is CNc1nnc(N[C@H](C)c2cccc(C#N)c2C)c2cn(C3(C)CC3)c(=O)cc12. The van der Waals surface area contributed by atoms with Gasteiger partial charge >= 0.3 is 0 Å². The lowest BCUT2D eigenvalue weighted by atomic mass is 9.98. The van der Waals surface area contributed by atoms with Crippen LogP contribution in [0.25, 0.3) is 10.8 Å². The highest BCUT2D eigenvalue weighted by atomic mass is 16.1. The molecule has 1 atom stereocenters. The van der Waals surface area contributed by atoms with Crippen molar-refractivity contribution in [2.75, 3.05) is 17.7 Å². The number of hydrogen-bond acceptors (Lipinski definition) is 6. The predicted octanol–water partition coefficient (Wildman–Crippen LogP) is 3.70. The van der Waals surface area contributed by atoms with Gasteiger partial charge in [0.05, 0.1) is 17.7 Å². The Morgan fingerprint density at radius 3 is 2.62 bits per heavy atom. The highest BCUT2D eigenvalue weighted by molar-refractivity contribution is 5.97. The van der Waals surface area contributed by atoms with Crippen LogP contribution in [0.4, 0.5) is 11.6 Å². The van der Waals surface area contributed by atoms with Gasteiger partial charge in [-0.05, 0) is 50.8 Å². The number of nitrogens with one attached hydrogen (secondary N) is 2. The first-order chi connectivity index (χ1) is 13.9. The molecule has 2 aromatic heterocycles. The van der Waals surface area contributed by atoms with Crippen molar-refractivity contribution < 1.29 is 0 Å². The lowest BCUT2D eigenvalue weighted by Crippen LogP contribution is -2.27. The van der Waals surface area contributed by atoms with Gasteiger partial charge in [-0.3, -0.25) is 4.79 Å². The van der Waals surface area contributed by atoms with Crippen LogP contribution in [-0.2, 0) is 5.54 Å². The highest BCUT2D eigenvalue weighted by Crippen LogP contribution is 2.42. The van der Waals surface area contributed by atoms with Crippen LogP contribution in [-0.4, -0.2) is 21.8 Å². The molecule has 0 radical (unpaired) electrons. The first kappa shape index (κ1) is 18.9. The van der Waals surface area contributed by atoms with Crippen LogP contribution in [0.5, 0.6) is 0 Å². The zero-order valence-corrected chi connectivity index (χ0v) is 17.1. The molecule has 1 aromatic carbocycles. The predicted molar refractivity (Wildman–Crippen MR) is 114 cm³/mol. The van der Waals surface area contributed by atoms with E-state index in [0.29, 0.717) is 17.2 Å². The normalized spacial score (nSPS) is 15.6. The number of pyridine rings is 1. The Morgan fingerprint density at radius 2 is 1.97 bits per heavy atom. The largest absolute Gasteiger partial charge is 0.371 e. The number of aromatic nitrogens is 3. The van der Waals surface area contributed by atoms with Gasteiger partial charge in [0.2, 0.25) is 0 Å². The number of hydrogen-bond donors (Lipinski definition) is 2. The van der Waals surface area contributed by atoms with Crippen LogP contribution >= 0.6 is 0 Å². The number of benzene rings is 1. The second-order valence-corrected chi connectivity index (χ2v) is 7.95. The summed E-state index contributed by atoms with van der Waals surface area (Å²) in [6.07, 6.45) is 3.89. The van der Waals surface area contributed by atoms with E-state index in [4.69, 9.17) is 0 Å². The van der Waals surface area contributed by atoms with E-state index in [1.54, 1.807) is 13.1 Å². The van der Waals surface area contributed by atoms with Crippen LogP contribution in [0.1, 0.15) is 49.4 Å². The quantitative estimate of drug-likeness (QED) is 0.692. The Labute approximate surface area is 169 Å². The van der Waals surface area contributed by atoms with Crippen molar-refractivity contribution in [1.29, 1.82) is 5.26 Å². The summed E-state index contributed by atoms with van der Waals surface area (Å²) in [5.74, 6) is 1.19. The molecule has 148 valence electrons. The minimum Gasteiger partial charge on any atom is -0.371 e. The van der Waals surface area contributed by atoms with Gasteiger partial charge in [-0.15, -0.1) is 10.2 Å². The van der Waals surface area contributed by atoms with Crippen molar-refractivity contribution in [3.8, 4) is 6.07 Å². The van der Waals surface area contributed by atoms with Gasteiger partial charge < -0.3 is 15.2 Å². The molecule has 1 aliphatic rings. The molecule has 7 heteroatoms. The smallest absolute Gasteiger partial charge is 0.251 e. The molecule has 4 rings (SSSR count). The van der Waals surface area contributed by atoms with Crippen LogP contribution in [0.3, 0.4) is 0 Å². The van der Waals surface area contributed by atoms with Gasteiger partial charge in [0.15, 0.2) is 11.6 Å². The van der Waals surface area contributed by atoms with Crippen LogP contribution in [0.15, 0.2) is 35.3 Å². The summed E-state index contributed by atoms with van der Waals surface area (Å²) in [6.45, 7) is 6.08. The Balaban J connectivity index is 1.82. The maximum absolute atomic E-state index is 12.7. The molecule has 29 heavy (non-hydrogen) atoms. The summed E-state index contributed by atoms with van der Waals surface area (Å²) in [7, 11) is 1.77. The number of fused-ring (bicyclic) bond motifs is 1. The van der Waals surface area contributed by atoms with E-state index in [1.807, 2.05) is 42.8 Å². The van der Waals surface area contributed by atoms with E-state index >= 15 is 0 Å². The van der Waals surface area contributed by atoms with E-state index in [1.165, 1.54) is 0 Å². The molecule has 0 spiro atoms. The molecule has 2 heterocycles. The fourth-order valence-electron chi connectivity index (χ4n) is 3.79. The second kappa shape index (κ2) is 6.89. The van der Waals surface area contributed by atoms with Crippen LogP contribution in [0.2, 0.25) is 0 Å². The molecule has 1 aliphatic carbocycles. The molecule has 1 fully saturated rings. The Hall–Kier alpha value is -3.40. The fraction of sp³-hybridized carbons (Fsp3) is 0.364. The third kappa shape index (κ3) is 3.21. The van der Waals surface area contributed by atoms with E-state index in [-0.39, 0.29) is 17.1 Å². The standard InChI is InChI=1S/C22H24N6O/c1-13-15(11-23)6-5-7-16(13)14(2)25-21-18-12-28(22(3)8-9-22)19(29)10-17(18)20(24-4)26-27-21/h5-7,10,12,14H,8-9H2,1-4H3,(H,24,26)(H,25,27)/t14-/m1/s1. The zero-order chi connectivity index (χ0) is 20.8. The van der Waals surface area contributed by atoms with Gasteiger partial charge in [0, 0.05) is 35.6 Å². The van der Waals surface area contributed by atoms with Gasteiger partial charge in [-0.25, -0.2) is 0 Å². The second-order valence-electron chi connectivity index (χ2n) is 7.95. The zero-order valence-electron chi connectivity index (χ0n) is 17.1. The first-order valence-corrected chi connectivity index (χ1v) is 9.75. The number of nitriles is 1. The summed E-state index contributed by atoms with van der Waals surface area (Å²) in [6, 6.07) is 9.50. The van der Waals surface area contributed by atoms with Crippen molar-refractivity contribution in [3.63, 3.8) is 0 Å². The Kier molecular flexibility index (Phi) is 4.50. The molecule has 0 bridgehead atoms. The average molecular weight is 388 g/mol. The van der Waals surface area contributed by atoms with Gasteiger partial charge in [-0.2, -0.15) is 5.26 Å². The summed E-state index contributed by atoms with van der Waals surface area (Å²) in [5, 5.41) is 26.0. The average Bonchev–Trinajstić information content (AvgIpc) is 3.46. The van der Waals surface area contributed by atoms with Crippen molar-refractivity contribution in [2.45, 2.75) is 45.2 Å². The van der Waals surface area contributed by atoms with Crippen LogP contribution in [0, 0.1) is 18.3 Å². The minimum absolute atomic E-state index is 0.0291. The molecule has 3 aromatic rings. The summed E-state index contributed by atoms with van der Waals surface area (Å²) in [5.41, 5.74) is 2.49. The lowest BCUT2D eigenvalue weighted by Gasteiger charge is -2.20. The van der Waals surface area contributed by atoms with E-state index < -0.39 is 0 Å². The Bertz CT molecular complexity index is 1200. The topological polar surface area (TPSA) is 95.6 Å². The molecule has 0 unspecified atom stereocenters. The molecular formula is C22H24N6O. The van der Waals surface area contributed by atoms with E-state index in [0.717, 1.165) is 34.7 Å². The van der Waals surface area contributed by atoms with E-state index in [2.05, 4.69) is 33.8 Å². The van der Waals surface area contributed by atoms with Gasteiger partial charge in [0.1, 0.15) is 0 Å². The monoisotopic (exact) mass is 388 g/mol. The van der Waals surface area contributed by atoms with Crippen molar-refractivity contribution in [1.82, 2.24) is 14.8 Å². The molecule has 7 nitrogen and oxygen atoms in total. The Morgan fingerprint density at radius 1 is 1.24 bits per heavy atom. The van der Waals surface area contributed by atoms with E-state index in [9.17, 15) is 10.1 Å². The molecule has 0 saturated heterocycles. The van der Waals surface area contributed by atoms with Gasteiger partial charge in [-0.1, -0.05) is 12.1 Å².